The van der Waals surface area contributed by atoms with Crippen molar-refractivity contribution in [3.05, 3.63) is 65.8 Å². The zero-order chi connectivity index (χ0) is 13.4. The topological polar surface area (TPSA) is 52.0 Å². The summed E-state index contributed by atoms with van der Waals surface area (Å²) in [6.07, 6.45) is 0. The van der Waals surface area contributed by atoms with Crippen LogP contribution in [0, 0.1) is 0 Å². The number of hydrogen-bond donors (Lipinski definition) is 2. The molecule has 0 atom stereocenters. The predicted octanol–water partition coefficient (Wildman–Crippen LogP) is 2.91. The highest BCUT2D eigenvalue weighted by atomic mass is 14.6. The van der Waals surface area contributed by atoms with Gasteiger partial charge in [-0.2, -0.15) is 0 Å². The van der Waals surface area contributed by atoms with Crippen molar-refractivity contribution in [2.75, 3.05) is 13.1 Å². The molecular formula is C12H28N2. The van der Waals surface area contributed by atoms with Gasteiger partial charge in [0.25, 0.3) is 0 Å². The summed E-state index contributed by atoms with van der Waals surface area (Å²) in [5.74, 6) is 0. The Morgan fingerprint density at radius 2 is 0.500 bits per heavy atom. The molecule has 0 aliphatic rings. The third-order valence-corrected chi connectivity index (χ3v) is 0.167. The summed E-state index contributed by atoms with van der Waals surface area (Å²) in [5, 5.41) is 0. The van der Waals surface area contributed by atoms with E-state index in [-0.39, 0.29) is 0 Å². The van der Waals surface area contributed by atoms with E-state index in [9.17, 15) is 0 Å². The van der Waals surface area contributed by atoms with Gasteiger partial charge in [0.1, 0.15) is 0 Å². The molecule has 4 N–H and O–H groups in total. The van der Waals surface area contributed by atoms with E-state index < -0.39 is 0 Å². The van der Waals surface area contributed by atoms with Gasteiger partial charge in [-0.25, -0.2) is 0 Å². The van der Waals surface area contributed by atoms with E-state index in [2.05, 4.69) is 65.8 Å². The van der Waals surface area contributed by atoms with Crippen LogP contribution < -0.4 is 11.5 Å². The quantitative estimate of drug-likeness (QED) is 0.639. The summed E-state index contributed by atoms with van der Waals surface area (Å²) in [7, 11) is 0. The summed E-state index contributed by atoms with van der Waals surface area (Å²) in [6.45, 7) is 31.2. The minimum atomic E-state index is 0.597. The Morgan fingerprint density at radius 3 is 0.500 bits per heavy atom. The zero-order valence-electron chi connectivity index (χ0n) is 9.64. The minimum Gasteiger partial charge on any atom is -0.329 e. The van der Waals surface area contributed by atoms with Crippen LogP contribution in [0.2, 0.25) is 0 Å². The molecule has 0 heterocycles. The van der Waals surface area contributed by atoms with E-state index >= 15 is 0 Å². The Hall–Kier alpha value is -1.38. The summed E-state index contributed by atoms with van der Waals surface area (Å²) in [5.41, 5.74) is 9.81. The van der Waals surface area contributed by atoms with E-state index in [1.807, 2.05) is 0 Å². The highest BCUT2D eigenvalue weighted by Gasteiger charge is 1.54. The molecule has 2 nitrogen and oxygen atoms in total. The van der Waals surface area contributed by atoms with Crippen LogP contribution in [0.1, 0.15) is 0 Å². The van der Waals surface area contributed by atoms with Gasteiger partial charge in [-0.15, -0.1) is 65.8 Å². The average molecular weight is 200 g/mol. The van der Waals surface area contributed by atoms with Crippen molar-refractivity contribution in [2.45, 2.75) is 0 Å². The Labute approximate surface area is 91.0 Å². The van der Waals surface area contributed by atoms with Gasteiger partial charge < -0.3 is 11.5 Å². The molecule has 0 bridgehead atoms. The molecule has 14 heavy (non-hydrogen) atoms. The smallest absolute Gasteiger partial charge is 0.00461 e. The van der Waals surface area contributed by atoms with Gasteiger partial charge in [-0.05, 0) is 0 Å². The maximum absolute atomic E-state index is 4.90. The first-order valence-corrected chi connectivity index (χ1v) is 3.82. The fourth-order valence-electron chi connectivity index (χ4n) is 0. The fraction of sp³-hybridized carbons (Fsp3) is 0.167. The van der Waals surface area contributed by atoms with E-state index in [0.29, 0.717) is 13.1 Å². The standard InChI is InChI=1S/C2H8N2.5C2H4/c3-1-2-4;5*1-2/h1-4H2;5*1-2H2. The van der Waals surface area contributed by atoms with Crippen LogP contribution in [0.5, 0.6) is 0 Å². The maximum atomic E-state index is 4.90. The summed E-state index contributed by atoms with van der Waals surface area (Å²) in [4.78, 5) is 0. The molecule has 86 valence electrons. The van der Waals surface area contributed by atoms with E-state index in [1.54, 1.807) is 0 Å². The van der Waals surface area contributed by atoms with Gasteiger partial charge in [0.05, 0.1) is 0 Å². The first kappa shape index (κ1) is 38.9. The molecule has 0 saturated carbocycles. The first-order valence-electron chi connectivity index (χ1n) is 3.82. The van der Waals surface area contributed by atoms with Gasteiger partial charge in [0, 0.05) is 13.1 Å². The van der Waals surface area contributed by atoms with Gasteiger partial charge >= 0.3 is 0 Å². The maximum Gasteiger partial charge on any atom is 0.00461 e. The average Bonchev–Trinajstić information content (AvgIpc) is 2.41. The van der Waals surface area contributed by atoms with Crippen molar-refractivity contribution < 1.29 is 0 Å². The molecule has 0 aliphatic carbocycles. The minimum absolute atomic E-state index is 0.597. The Kier molecular flexibility index (Phi) is 9470. The predicted molar refractivity (Wildman–Crippen MR) is 74.4 cm³/mol. The van der Waals surface area contributed by atoms with E-state index in [4.69, 9.17) is 11.5 Å². The van der Waals surface area contributed by atoms with Crippen LogP contribution in [-0.2, 0) is 0 Å². The Morgan fingerprint density at radius 1 is 0.429 bits per heavy atom. The normalized spacial score (nSPS) is 3.57. The lowest BCUT2D eigenvalue weighted by molar-refractivity contribution is 0.976. The second-order valence-corrected chi connectivity index (χ2v) is 0.577. The lowest BCUT2D eigenvalue weighted by Crippen LogP contribution is -2.11. The highest BCUT2D eigenvalue weighted by molar-refractivity contribution is 4.26. The molecule has 0 unspecified atom stereocenters. The molecule has 0 aromatic heterocycles. The van der Waals surface area contributed by atoms with Gasteiger partial charge in [-0.1, -0.05) is 0 Å². The molecule has 0 aromatic carbocycles. The van der Waals surface area contributed by atoms with Crippen molar-refractivity contribution in [3.8, 4) is 0 Å². The monoisotopic (exact) mass is 200 g/mol. The molecule has 0 aliphatic heterocycles. The van der Waals surface area contributed by atoms with E-state index in [1.165, 1.54) is 0 Å². The molecule has 2 heteroatoms. The molecule has 0 aromatic rings. The van der Waals surface area contributed by atoms with Crippen molar-refractivity contribution >= 4 is 0 Å². The Balaban J connectivity index is -0.0000000143. The number of rotatable bonds is 1. The van der Waals surface area contributed by atoms with Crippen molar-refractivity contribution in [1.29, 1.82) is 0 Å². The van der Waals surface area contributed by atoms with Crippen LogP contribution in [-0.4, -0.2) is 13.1 Å². The van der Waals surface area contributed by atoms with Crippen LogP contribution >= 0.6 is 0 Å². The first-order chi connectivity index (χ1) is 6.91. The third-order valence-electron chi connectivity index (χ3n) is 0.167. The summed E-state index contributed by atoms with van der Waals surface area (Å²) in [6, 6.07) is 0. The van der Waals surface area contributed by atoms with Crippen molar-refractivity contribution in [2.24, 2.45) is 11.5 Å². The third kappa shape index (κ3) is 6810. The Bertz CT molecular complexity index is 34.0. The number of nitrogens with two attached hydrogens (primary N) is 2. The fourth-order valence-corrected chi connectivity index (χ4v) is 0. The molecular weight excluding hydrogens is 172 g/mol. The largest absolute Gasteiger partial charge is 0.329 e. The summed E-state index contributed by atoms with van der Waals surface area (Å²) >= 11 is 0. The molecule has 0 spiro atoms. The second-order valence-electron chi connectivity index (χ2n) is 0.577. The SMILES string of the molecule is C=C.C=C.C=C.C=C.C=C.NCCN. The van der Waals surface area contributed by atoms with Crippen molar-refractivity contribution in [3.63, 3.8) is 0 Å². The lowest BCUT2D eigenvalue weighted by Gasteiger charge is -1.72. The molecule has 0 fully saturated rings. The van der Waals surface area contributed by atoms with Crippen LogP contribution in [0.3, 0.4) is 0 Å². The lowest BCUT2D eigenvalue weighted by atomic mass is 10.7. The van der Waals surface area contributed by atoms with Crippen LogP contribution in [0.4, 0.5) is 0 Å². The van der Waals surface area contributed by atoms with Gasteiger partial charge in [0.15, 0.2) is 0 Å². The van der Waals surface area contributed by atoms with Crippen LogP contribution in [0.25, 0.3) is 0 Å². The van der Waals surface area contributed by atoms with Gasteiger partial charge in [0.2, 0.25) is 0 Å². The number of hydrogen-bond acceptors (Lipinski definition) is 2. The van der Waals surface area contributed by atoms with E-state index in [0.717, 1.165) is 0 Å². The molecule has 0 saturated heterocycles. The van der Waals surface area contributed by atoms with Gasteiger partial charge in [-0.3, -0.25) is 0 Å². The second kappa shape index (κ2) is 3410. The molecule has 0 rings (SSSR count). The zero-order valence-corrected chi connectivity index (χ0v) is 9.64. The van der Waals surface area contributed by atoms with Crippen molar-refractivity contribution in [1.82, 2.24) is 0 Å². The molecule has 0 amide bonds. The summed E-state index contributed by atoms with van der Waals surface area (Å²) < 4.78 is 0. The van der Waals surface area contributed by atoms with Crippen LogP contribution in [0.15, 0.2) is 65.8 Å². The highest BCUT2D eigenvalue weighted by Crippen LogP contribution is 1.24. The molecule has 0 radical (unpaired) electrons.